The van der Waals surface area contributed by atoms with E-state index < -0.39 is 0 Å². The number of hydrogen-bond acceptors (Lipinski definition) is 5. The first kappa shape index (κ1) is 19.7. The van der Waals surface area contributed by atoms with Crippen molar-refractivity contribution in [2.45, 2.75) is 40.0 Å². The van der Waals surface area contributed by atoms with Gasteiger partial charge in [0.15, 0.2) is 5.76 Å². The third kappa shape index (κ3) is 5.47. The number of furan rings is 1. The maximum Gasteiger partial charge on any atom is 0.291 e. The Bertz CT molecular complexity index is 883. The van der Waals surface area contributed by atoms with E-state index in [4.69, 9.17) is 13.9 Å². The van der Waals surface area contributed by atoms with Crippen LogP contribution in [0.4, 0.5) is 5.69 Å². The fourth-order valence-corrected chi connectivity index (χ4v) is 2.65. The summed E-state index contributed by atoms with van der Waals surface area (Å²) in [6, 6.07) is 11.4. The highest BCUT2D eigenvalue weighted by Crippen LogP contribution is 2.17. The van der Waals surface area contributed by atoms with Gasteiger partial charge in [0.2, 0.25) is 0 Å². The van der Waals surface area contributed by atoms with Crippen LogP contribution < -0.4 is 10.1 Å². The third-order valence-corrected chi connectivity index (χ3v) is 4.05. The smallest absolute Gasteiger partial charge is 0.291 e. The zero-order valence-electron chi connectivity index (χ0n) is 16.2. The van der Waals surface area contributed by atoms with Gasteiger partial charge in [0.05, 0.1) is 18.1 Å². The van der Waals surface area contributed by atoms with Crippen LogP contribution in [-0.2, 0) is 24.5 Å². The third-order valence-electron chi connectivity index (χ3n) is 4.05. The Hall–Kier alpha value is -3.06. The number of amides is 1. The molecule has 0 saturated heterocycles. The molecule has 1 amide bonds. The average Bonchev–Trinajstić information content (AvgIpc) is 3.35. The number of carbonyl (C=O) groups excluding carboxylic acids is 1. The molecule has 3 rings (SSSR count). The maximum absolute atomic E-state index is 12.3. The molecule has 3 aromatic rings. The molecule has 148 valence electrons. The Morgan fingerprint density at radius 3 is 2.75 bits per heavy atom. The Labute approximate surface area is 164 Å². The van der Waals surface area contributed by atoms with Crippen molar-refractivity contribution in [3.05, 3.63) is 65.9 Å². The van der Waals surface area contributed by atoms with Gasteiger partial charge in [0.1, 0.15) is 24.8 Å². The minimum Gasteiger partial charge on any atom is -0.486 e. The molecule has 7 nitrogen and oxygen atoms in total. The largest absolute Gasteiger partial charge is 0.486 e. The van der Waals surface area contributed by atoms with E-state index in [9.17, 15) is 4.79 Å². The molecule has 28 heavy (non-hydrogen) atoms. The second-order valence-electron chi connectivity index (χ2n) is 6.29. The van der Waals surface area contributed by atoms with Gasteiger partial charge < -0.3 is 19.2 Å². The lowest BCUT2D eigenvalue weighted by Gasteiger charge is -2.05. The molecule has 0 saturated carbocycles. The molecule has 0 radical (unpaired) electrons. The lowest BCUT2D eigenvalue weighted by molar-refractivity contribution is 0.0792. The zero-order valence-corrected chi connectivity index (χ0v) is 16.2. The van der Waals surface area contributed by atoms with E-state index >= 15 is 0 Å². The van der Waals surface area contributed by atoms with Gasteiger partial charge in [-0.2, -0.15) is 5.10 Å². The van der Waals surface area contributed by atoms with Crippen molar-refractivity contribution in [2.24, 2.45) is 0 Å². The molecule has 1 N–H and O–H groups in total. The molecule has 0 unspecified atom stereocenters. The number of nitrogens with one attached hydrogen (secondary N) is 1. The average molecular weight is 383 g/mol. The molecule has 0 spiro atoms. The summed E-state index contributed by atoms with van der Waals surface area (Å²) in [7, 11) is 0. The zero-order chi connectivity index (χ0) is 19.8. The van der Waals surface area contributed by atoms with Crippen LogP contribution in [0.15, 0.2) is 53.2 Å². The highest BCUT2D eigenvalue weighted by atomic mass is 16.5. The SMILES string of the molecule is CCCc1ccc(OCc2ccc(C(=O)Nc3cnn(COCC)c3)o2)cc1. The Morgan fingerprint density at radius 1 is 1.18 bits per heavy atom. The highest BCUT2D eigenvalue weighted by molar-refractivity contribution is 6.02. The van der Waals surface area contributed by atoms with E-state index in [-0.39, 0.29) is 18.3 Å². The number of anilines is 1. The van der Waals surface area contributed by atoms with Gasteiger partial charge in [0.25, 0.3) is 5.91 Å². The van der Waals surface area contributed by atoms with Crippen LogP contribution >= 0.6 is 0 Å². The van der Waals surface area contributed by atoms with E-state index in [1.165, 1.54) is 5.56 Å². The van der Waals surface area contributed by atoms with E-state index in [0.717, 1.165) is 18.6 Å². The van der Waals surface area contributed by atoms with Crippen molar-refractivity contribution in [2.75, 3.05) is 11.9 Å². The quantitative estimate of drug-likeness (QED) is 0.566. The molecular weight excluding hydrogens is 358 g/mol. The van der Waals surface area contributed by atoms with Crippen molar-refractivity contribution in [3.8, 4) is 5.75 Å². The van der Waals surface area contributed by atoms with E-state index in [1.54, 1.807) is 29.2 Å². The van der Waals surface area contributed by atoms with E-state index in [1.807, 2.05) is 19.1 Å². The van der Waals surface area contributed by atoms with Crippen LogP contribution in [0.3, 0.4) is 0 Å². The summed E-state index contributed by atoms with van der Waals surface area (Å²) in [5.41, 5.74) is 1.86. The second-order valence-corrected chi connectivity index (χ2v) is 6.29. The van der Waals surface area contributed by atoms with Gasteiger partial charge >= 0.3 is 0 Å². The Kier molecular flexibility index (Phi) is 6.86. The summed E-state index contributed by atoms with van der Waals surface area (Å²) in [4.78, 5) is 12.3. The van der Waals surface area contributed by atoms with Crippen molar-refractivity contribution in [1.82, 2.24) is 9.78 Å². The number of carbonyl (C=O) groups is 1. The minimum absolute atomic E-state index is 0.217. The van der Waals surface area contributed by atoms with Crippen LogP contribution in [-0.4, -0.2) is 22.3 Å². The summed E-state index contributed by atoms with van der Waals surface area (Å²) in [6.07, 6.45) is 5.43. The van der Waals surface area contributed by atoms with Gasteiger partial charge in [-0.1, -0.05) is 25.5 Å². The Morgan fingerprint density at radius 2 is 2.00 bits per heavy atom. The fourth-order valence-electron chi connectivity index (χ4n) is 2.65. The fraction of sp³-hybridized carbons (Fsp3) is 0.333. The Balaban J connectivity index is 1.51. The molecule has 7 heteroatoms. The molecule has 0 fully saturated rings. The van der Waals surface area contributed by atoms with Gasteiger partial charge in [-0.15, -0.1) is 0 Å². The molecule has 0 bridgehead atoms. The number of aromatic nitrogens is 2. The molecule has 0 aliphatic heterocycles. The number of hydrogen-bond donors (Lipinski definition) is 1. The molecule has 1 aromatic carbocycles. The predicted molar refractivity (Wildman–Crippen MR) is 105 cm³/mol. The molecular formula is C21H25N3O4. The van der Waals surface area contributed by atoms with Crippen molar-refractivity contribution >= 4 is 11.6 Å². The van der Waals surface area contributed by atoms with Gasteiger partial charge in [-0.25, -0.2) is 4.68 Å². The monoisotopic (exact) mass is 383 g/mol. The van der Waals surface area contributed by atoms with E-state index in [2.05, 4.69) is 29.5 Å². The molecule has 2 aromatic heterocycles. The van der Waals surface area contributed by atoms with Crippen LogP contribution in [0, 0.1) is 0 Å². The van der Waals surface area contributed by atoms with Gasteiger partial charge in [0, 0.05) is 6.61 Å². The van der Waals surface area contributed by atoms with Crippen molar-refractivity contribution < 1.29 is 18.7 Å². The number of nitrogens with zero attached hydrogens (tertiary/aromatic N) is 2. The lowest BCUT2D eigenvalue weighted by atomic mass is 10.1. The lowest BCUT2D eigenvalue weighted by Crippen LogP contribution is -2.10. The summed E-state index contributed by atoms with van der Waals surface area (Å²) in [5.74, 6) is 1.22. The minimum atomic E-state index is -0.342. The maximum atomic E-state index is 12.3. The first-order chi connectivity index (χ1) is 13.7. The number of aryl methyl sites for hydroxylation is 1. The van der Waals surface area contributed by atoms with Crippen LogP contribution in [0.5, 0.6) is 5.75 Å². The number of benzene rings is 1. The van der Waals surface area contributed by atoms with Crippen molar-refractivity contribution in [3.63, 3.8) is 0 Å². The first-order valence-electron chi connectivity index (χ1n) is 9.40. The summed E-state index contributed by atoms with van der Waals surface area (Å²) >= 11 is 0. The van der Waals surface area contributed by atoms with E-state index in [0.29, 0.717) is 24.8 Å². The molecule has 2 heterocycles. The number of ether oxygens (including phenoxy) is 2. The standard InChI is InChI=1S/C21H25N3O4/c1-3-5-16-6-8-18(9-7-16)27-14-19-10-11-20(28-19)21(25)23-17-12-22-24(13-17)15-26-4-2/h6-13H,3-5,14-15H2,1-2H3,(H,23,25). The van der Waals surface area contributed by atoms with Crippen LogP contribution in [0.25, 0.3) is 0 Å². The highest BCUT2D eigenvalue weighted by Gasteiger charge is 2.13. The normalized spacial score (nSPS) is 10.8. The summed E-state index contributed by atoms with van der Waals surface area (Å²) in [6.45, 7) is 5.26. The molecule has 0 aliphatic rings. The molecule has 0 atom stereocenters. The first-order valence-corrected chi connectivity index (χ1v) is 9.40. The van der Waals surface area contributed by atoms with Gasteiger partial charge in [-0.05, 0) is 43.2 Å². The van der Waals surface area contributed by atoms with Gasteiger partial charge in [-0.3, -0.25) is 4.79 Å². The number of rotatable bonds is 10. The van der Waals surface area contributed by atoms with Crippen LogP contribution in [0.1, 0.15) is 42.1 Å². The summed E-state index contributed by atoms with van der Waals surface area (Å²) < 4.78 is 18.2. The second kappa shape index (κ2) is 9.75. The molecule has 0 aliphatic carbocycles. The van der Waals surface area contributed by atoms with Crippen LogP contribution in [0.2, 0.25) is 0 Å². The summed E-state index contributed by atoms with van der Waals surface area (Å²) in [5, 5.41) is 6.86. The van der Waals surface area contributed by atoms with Crippen molar-refractivity contribution in [1.29, 1.82) is 0 Å². The predicted octanol–water partition coefficient (Wildman–Crippen LogP) is 4.25. The topological polar surface area (TPSA) is 78.5 Å².